The van der Waals surface area contributed by atoms with Crippen LogP contribution in [0.2, 0.25) is 0 Å². The van der Waals surface area contributed by atoms with E-state index in [0.29, 0.717) is 28.4 Å². The highest BCUT2D eigenvalue weighted by atomic mass is 16.5. The molecule has 0 saturated heterocycles. The highest BCUT2D eigenvalue weighted by molar-refractivity contribution is 6.03. The molecular formula is C27H22N2O4. The molecule has 1 amide bonds. The third-order valence-electron chi connectivity index (χ3n) is 5.60. The molecule has 0 radical (unpaired) electrons. The number of carbonyl (C=O) groups excluding carboxylic acids is 1. The molecule has 33 heavy (non-hydrogen) atoms. The van der Waals surface area contributed by atoms with Gasteiger partial charge in [0.05, 0.1) is 7.11 Å². The first kappa shape index (κ1) is 20.6. The molecule has 0 saturated carbocycles. The number of methoxy groups -OCH3 is 1. The van der Waals surface area contributed by atoms with Crippen LogP contribution in [-0.4, -0.2) is 18.0 Å². The van der Waals surface area contributed by atoms with E-state index >= 15 is 0 Å². The second kappa shape index (κ2) is 8.31. The number of nitrogens with zero attached hydrogens (tertiary/aromatic N) is 1. The maximum absolute atomic E-state index is 12.7. The fraction of sp³-hybridized carbons (Fsp3) is 0.111. The maximum Gasteiger partial charge on any atom is 0.291 e. The molecule has 1 N–H and O–H groups in total. The van der Waals surface area contributed by atoms with E-state index in [2.05, 4.69) is 30.2 Å². The van der Waals surface area contributed by atoms with Gasteiger partial charge in [-0.05, 0) is 85.6 Å². The van der Waals surface area contributed by atoms with Gasteiger partial charge in [0.15, 0.2) is 11.3 Å². The number of benzene rings is 3. The van der Waals surface area contributed by atoms with Gasteiger partial charge >= 0.3 is 0 Å². The maximum atomic E-state index is 12.7. The Morgan fingerprint density at radius 1 is 0.848 bits per heavy atom. The van der Waals surface area contributed by atoms with E-state index in [4.69, 9.17) is 13.6 Å². The largest absolute Gasteiger partial charge is 0.497 e. The molecule has 0 unspecified atom stereocenters. The zero-order valence-electron chi connectivity index (χ0n) is 18.5. The van der Waals surface area contributed by atoms with Crippen molar-refractivity contribution in [3.05, 3.63) is 89.7 Å². The van der Waals surface area contributed by atoms with Crippen LogP contribution in [0.3, 0.4) is 0 Å². The number of hydrogen-bond acceptors (Lipinski definition) is 5. The molecule has 0 bridgehead atoms. The number of aromatic nitrogens is 1. The fourth-order valence-electron chi connectivity index (χ4n) is 3.56. The van der Waals surface area contributed by atoms with Crippen LogP contribution < -0.4 is 10.1 Å². The molecule has 6 heteroatoms. The smallest absolute Gasteiger partial charge is 0.291 e. The summed E-state index contributed by atoms with van der Waals surface area (Å²) in [6, 6.07) is 22.4. The number of aryl methyl sites for hydroxylation is 2. The van der Waals surface area contributed by atoms with Crippen molar-refractivity contribution in [1.29, 1.82) is 0 Å². The van der Waals surface area contributed by atoms with E-state index in [0.717, 1.165) is 16.9 Å². The lowest BCUT2D eigenvalue weighted by Crippen LogP contribution is -2.10. The Kier molecular flexibility index (Phi) is 5.18. The van der Waals surface area contributed by atoms with Crippen LogP contribution in [0.4, 0.5) is 5.69 Å². The quantitative estimate of drug-likeness (QED) is 0.333. The average Bonchev–Trinajstić information content (AvgIpc) is 3.48. The van der Waals surface area contributed by atoms with E-state index < -0.39 is 0 Å². The third-order valence-corrected chi connectivity index (χ3v) is 5.60. The van der Waals surface area contributed by atoms with Gasteiger partial charge in [0.25, 0.3) is 5.91 Å². The summed E-state index contributed by atoms with van der Waals surface area (Å²) < 4.78 is 16.9. The average molecular weight is 438 g/mol. The van der Waals surface area contributed by atoms with Gasteiger partial charge < -0.3 is 18.9 Å². The number of rotatable bonds is 5. The van der Waals surface area contributed by atoms with Crippen LogP contribution in [0.25, 0.3) is 33.9 Å². The first-order valence-electron chi connectivity index (χ1n) is 10.5. The highest BCUT2D eigenvalue weighted by Gasteiger charge is 2.15. The Balaban J connectivity index is 1.35. The van der Waals surface area contributed by atoms with Crippen molar-refractivity contribution < 1.29 is 18.4 Å². The van der Waals surface area contributed by atoms with Gasteiger partial charge in [-0.15, -0.1) is 0 Å². The van der Waals surface area contributed by atoms with E-state index in [1.165, 1.54) is 11.1 Å². The van der Waals surface area contributed by atoms with Gasteiger partial charge in [-0.25, -0.2) is 4.98 Å². The van der Waals surface area contributed by atoms with E-state index in [9.17, 15) is 4.79 Å². The minimum Gasteiger partial charge on any atom is -0.497 e. The van der Waals surface area contributed by atoms with E-state index in [1.54, 1.807) is 37.4 Å². The van der Waals surface area contributed by atoms with Gasteiger partial charge in [0.1, 0.15) is 17.0 Å². The molecule has 0 fully saturated rings. The number of furan rings is 1. The summed E-state index contributed by atoms with van der Waals surface area (Å²) in [7, 11) is 1.62. The minimum atomic E-state index is -0.330. The lowest BCUT2D eigenvalue weighted by atomic mass is 10.1. The SMILES string of the molecule is COc1ccc(-c2nc3cc(NC(=O)c4ccc(-c5ccc(C)c(C)c5)o4)ccc3o2)cc1. The Morgan fingerprint density at radius 2 is 1.64 bits per heavy atom. The summed E-state index contributed by atoms with van der Waals surface area (Å²) in [5, 5.41) is 2.87. The van der Waals surface area contributed by atoms with Crippen molar-refractivity contribution in [3.8, 4) is 28.5 Å². The Bertz CT molecular complexity index is 1460. The zero-order valence-corrected chi connectivity index (χ0v) is 18.5. The molecule has 5 rings (SSSR count). The van der Waals surface area contributed by atoms with Crippen LogP contribution in [0.5, 0.6) is 5.75 Å². The van der Waals surface area contributed by atoms with Gasteiger partial charge in [0.2, 0.25) is 5.89 Å². The number of hydrogen-bond donors (Lipinski definition) is 1. The number of ether oxygens (including phenoxy) is 1. The molecule has 0 aliphatic rings. The predicted molar refractivity (Wildman–Crippen MR) is 128 cm³/mol. The monoisotopic (exact) mass is 438 g/mol. The number of oxazole rings is 1. The summed E-state index contributed by atoms with van der Waals surface area (Å²) in [5.74, 6) is 1.82. The summed E-state index contributed by atoms with van der Waals surface area (Å²) in [4.78, 5) is 17.3. The van der Waals surface area contributed by atoms with Gasteiger partial charge in [-0.1, -0.05) is 12.1 Å². The predicted octanol–water partition coefficient (Wildman–Crippen LogP) is 6.63. The normalized spacial score (nSPS) is 11.0. The highest BCUT2D eigenvalue weighted by Crippen LogP contribution is 2.28. The summed E-state index contributed by atoms with van der Waals surface area (Å²) >= 11 is 0. The van der Waals surface area contributed by atoms with Crippen molar-refractivity contribution in [1.82, 2.24) is 4.98 Å². The molecule has 6 nitrogen and oxygen atoms in total. The summed E-state index contributed by atoms with van der Waals surface area (Å²) in [6.45, 7) is 4.11. The fourth-order valence-corrected chi connectivity index (χ4v) is 3.56. The Labute approximate surface area is 190 Å². The summed E-state index contributed by atoms with van der Waals surface area (Å²) in [5.41, 5.74) is 6.04. The number of nitrogens with one attached hydrogen (secondary N) is 1. The Morgan fingerprint density at radius 3 is 2.39 bits per heavy atom. The lowest BCUT2D eigenvalue weighted by molar-refractivity contribution is 0.0997. The van der Waals surface area contributed by atoms with Crippen molar-refractivity contribution in [3.63, 3.8) is 0 Å². The third kappa shape index (κ3) is 4.11. The first-order valence-corrected chi connectivity index (χ1v) is 10.5. The topological polar surface area (TPSA) is 77.5 Å². The molecular weight excluding hydrogens is 416 g/mol. The van der Waals surface area contributed by atoms with Crippen LogP contribution >= 0.6 is 0 Å². The van der Waals surface area contributed by atoms with E-state index in [-0.39, 0.29) is 11.7 Å². The molecule has 5 aromatic rings. The molecule has 2 aromatic heterocycles. The van der Waals surface area contributed by atoms with Crippen molar-refractivity contribution >= 4 is 22.7 Å². The zero-order chi connectivity index (χ0) is 22.9. The van der Waals surface area contributed by atoms with E-state index in [1.807, 2.05) is 36.4 Å². The summed E-state index contributed by atoms with van der Waals surface area (Å²) in [6.07, 6.45) is 0. The standard InChI is InChI=1S/C27H22N2O4/c1-16-4-5-19(14-17(16)2)23-12-13-25(32-23)26(30)28-20-8-11-24-22(15-20)29-27(33-24)18-6-9-21(31-3)10-7-18/h4-15H,1-3H3,(H,28,30). The van der Waals surface area contributed by atoms with Crippen LogP contribution in [-0.2, 0) is 0 Å². The first-order chi connectivity index (χ1) is 16.0. The number of fused-ring (bicyclic) bond motifs is 1. The molecule has 0 aliphatic carbocycles. The molecule has 0 spiro atoms. The molecule has 3 aromatic carbocycles. The van der Waals surface area contributed by atoms with Crippen molar-refractivity contribution in [2.75, 3.05) is 12.4 Å². The van der Waals surface area contributed by atoms with Gasteiger partial charge in [-0.2, -0.15) is 0 Å². The second-order valence-corrected chi connectivity index (χ2v) is 7.85. The van der Waals surface area contributed by atoms with Gasteiger partial charge in [-0.3, -0.25) is 4.79 Å². The second-order valence-electron chi connectivity index (χ2n) is 7.85. The molecule has 0 atom stereocenters. The number of amides is 1. The molecule has 0 aliphatic heterocycles. The van der Waals surface area contributed by atoms with Crippen LogP contribution in [0.1, 0.15) is 21.7 Å². The van der Waals surface area contributed by atoms with Crippen LogP contribution in [0.15, 0.2) is 81.6 Å². The van der Waals surface area contributed by atoms with Gasteiger partial charge in [0, 0.05) is 16.8 Å². The van der Waals surface area contributed by atoms with Crippen LogP contribution in [0, 0.1) is 13.8 Å². The Hall–Kier alpha value is -4.32. The minimum absolute atomic E-state index is 0.238. The van der Waals surface area contributed by atoms with Crippen molar-refractivity contribution in [2.24, 2.45) is 0 Å². The number of carbonyl (C=O) groups is 1. The van der Waals surface area contributed by atoms with Crippen molar-refractivity contribution in [2.45, 2.75) is 13.8 Å². The molecule has 164 valence electrons. The number of anilines is 1. The lowest BCUT2D eigenvalue weighted by Gasteiger charge is -2.04. The molecule has 2 heterocycles.